The van der Waals surface area contributed by atoms with Crippen molar-refractivity contribution in [2.24, 2.45) is 0 Å². The summed E-state index contributed by atoms with van der Waals surface area (Å²) in [5.41, 5.74) is -0.403. The van der Waals surface area contributed by atoms with E-state index in [4.69, 9.17) is 4.74 Å². The molecule has 5 nitrogen and oxygen atoms in total. The van der Waals surface area contributed by atoms with E-state index in [9.17, 15) is 24.0 Å². The van der Waals surface area contributed by atoms with Gasteiger partial charge in [0.1, 0.15) is 24.3 Å². The Hall–Kier alpha value is -2.54. The summed E-state index contributed by atoms with van der Waals surface area (Å²) in [6.07, 6.45) is -1.37. The van der Waals surface area contributed by atoms with Gasteiger partial charge in [0.15, 0.2) is 5.75 Å². The molecule has 21 heavy (non-hydrogen) atoms. The SMILES string of the molecule is O=[N+]([O-])c1ccccc1OCC(O)c1ccc(F)cc1F. The number of hydrogen-bond donors (Lipinski definition) is 1. The van der Waals surface area contributed by atoms with E-state index in [2.05, 4.69) is 0 Å². The van der Waals surface area contributed by atoms with Crippen molar-refractivity contribution in [2.45, 2.75) is 6.10 Å². The van der Waals surface area contributed by atoms with Crippen LogP contribution in [0, 0.1) is 21.7 Å². The monoisotopic (exact) mass is 295 g/mol. The maximum atomic E-state index is 13.5. The maximum Gasteiger partial charge on any atom is 0.310 e. The third-order valence-electron chi connectivity index (χ3n) is 2.78. The lowest BCUT2D eigenvalue weighted by atomic mass is 10.1. The lowest BCUT2D eigenvalue weighted by Crippen LogP contribution is -2.12. The van der Waals surface area contributed by atoms with Crippen molar-refractivity contribution in [3.05, 3.63) is 69.8 Å². The number of para-hydroxylation sites is 2. The highest BCUT2D eigenvalue weighted by molar-refractivity contribution is 5.45. The van der Waals surface area contributed by atoms with Gasteiger partial charge in [0.25, 0.3) is 0 Å². The second-order valence-electron chi connectivity index (χ2n) is 4.22. The molecule has 7 heteroatoms. The van der Waals surface area contributed by atoms with Crippen LogP contribution in [-0.2, 0) is 0 Å². The Labute approximate surface area is 118 Å². The number of ether oxygens (including phenoxy) is 1. The third kappa shape index (κ3) is 3.51. The van der Waals surface area contributed by atoms with E-state index < -0.39 is 29.3 Å². The molecule has 0 saturated heterocycles. The first-order valence-corrected chi connectivity index (χ1v) is 5.98. The van der Waals surface area contributed by atoms with Crippen molar-refractivity contribution >= 4 is 5.69 Å². The van der Waals surface area contributed by atoms with Crippen LogP contribution in [0.1, 0.15) is 11.7 Å². The van der Waals surface area contributed by atoms with Gasteiger partial charge in [-0.2, -0.15) is 0 Å². The maximum absolute atomic E-state index is 13.5. The molecular weight excluding hydrogens is 284 g/mol. The third-order valence-corrected chi connectivity index (χ3v) is 2.78. The minimum Gasteiger partial charge on any atom is -0.484 e. The lowest BCUT2D eigenvalue weighted by molar-refractivity contribution is -0.385. The van der Waals surface area contributed by atoms with Crippen LogP contribution in [0.3, 0.4) is 0 Å². The number of nitro groups is 1. The molecule has 0 aliphatic carbocycles. The van der Waals surface area contributed by atoms with Crippen molar-refractivity contribution in [1.29, 1.82) is 0 Å². The van der Waals surface area contributed by atoms with Crippen LogP contribution in [0.15, 0.2) is 42.5 Å². The molecule has 2 aromatic carbocycles. The Morgan fingerprint density at radius 2 is 1.95 bits per heavy atom. The van der Waals surface area contributed by atoms with Crippen LogP contribution < -0.4 is 4.74 Å². The van der Waals surface area contributed by atoms with Gasteiger partial charge >= 0.3 is 5.69 Å². The summed E-state index contributed by atoms with van der Waals surface area (Å²) in [6.45, 7) is -0.395. The molecule has 2 rings (SSSR count). The zero-order valence-corrected chi connectivity index (χ0v) is 10.7. The van der Waals surface area contributed by atoms with Gasteiger partial charge in [-0.25, -0.2) is 8.78 Å². The van der Waals surface area contributed by atoms with E-state index in [0.29, 0.717) is 6.07 Å². The predicted octanol–water partition coefficient (Wildman–Crippen LogP) is 2.99. The van der Waals surface area contributed by atoms with Crippen LogP contribution in [0.4, 0.5) is 14.5 Å². The fourth-order valence-electron chi connectivity index (χ4n) is 1.76. The largest absolute Gasteiger partial charge is 0.484 e. The van der Waals surface area contributed by atoms with Gasteiger partial charge in [-0.1, -0.05) is 18.2 Å². The molecule has 2 aromatic rings. The molecule has 0 heterocycles. The average molecular weight is 295 g/mol. The van der Waals surface area contributed by atoms with Crippen molar-refractivity contribution in [2.75, 3.05) is 6.61 Å². The number of hydrogen-bond acceptors (Lipinski definition) is 4. The van der Waals surface area contributed by atoms with E-state index >= 15 is 0 Å². The smallest absolute Gasteiger partial charge is 0.310 e. The Kier molecular flexibility index (Phi) is 4.44. The van der Waals surface area contributed by atoms with E-state index in [0.717, 1.165) is 12.1 Å². The van der Waals surface area contributed by atoms with Crippen LogP contribution in [0.2, 0.25) is 0 Å². The minimum absolute atomic E-state index is 0.0379. The minimum atomic E-state index is -1.37. The standard InChI is InChI=1S/C14H11F2NO4/c15-9-5-6-10(11(16)7-9)13(18)8-21-14-4-2-1-3-12(14)17(19)20/h1-7,13,18H,8H2. The molecule has 0 spiro atoms. The summed E-state index contributed by atoms with van der Waals surface area (Å²) in [5.74, 6) is -1.71. The summed E-state index contributed by atoms with van der Waals surface area (Å²) in [7, 11) is 0. The first-order chi connectivity index (χ1) is 9.99. The van der Waals surface area contributed by atoms with Gasteiger partial charge in [-0.05, 0) is 12.1 Å². The number of halogens is 2. The van der Waals surface area contributed by atoms with Gasteiger partial charge < -0.3 is 9.84 Å². The van der Waals surface area contributed by atoms with Crippen molar-refractivity contribution in [3.8, 4) is 5.75 Å². The highest BCUT2D eigenvalue weighted by Crippen LogP contribution is 2.27. The second-order valence-corrected chi connectivity index (χ2v) is 4.22. The normalized spacial score (nSPS) is 12.0. The van der Waals surface area contributed by atoms with Crippen molar-refractivity contribution < 1.29 is 23.5 Å². The molecule has 0 aliphatic rings. The Morgan fingerprint density at radius 1 is 1.24 bits per heavy atom. The number of rotatable bonds is 5. The van der Waals surface area contributed by atoms with Crippen LogP contribution >= 0.6 is 0 Å². The van der Waals surface area contributed by atoms with Gasteiger partial charge in [-0.15, -0.1) is 0 Å². The van der Waals surface area contributed by atoms with Crippen LogP contribution in [0.25, 0.3) is 0 Å². The molecule has 1 unspecified atom stereocenters. The Balaban J connectivity index is 2.11. The summed E-state index contributed by atoms with van der Waals surface area (Å²) in [6, 6.07) is 8.37. The average Bonchev–Trinajstić information content (AvgIpc) is 2.45. The molecule has 0 fully saturated rings. The Bertz CT molecular complexity index is 663. The van der Waals surface area contributed by atoms with E-state index in [1.165, 1.54) is 24.3 Å². The highest BCUT2D eigenvalue weighted by Gasteiger charge is 2.18. The molecule has 110 valence electrons. The topological polar surface area (TPSA) is 72.6 Å². The Morgan fingerprint density at radius 3 is 2.62 bits per heavy atom. The number of nitrogens with zero attached hydrogens (tertiary/aromatic N) is 1. The molecule has 0 radical (unpaired) electrons. The molecular formula is C14H11F2NO4. The summed E-state index contributed by atoms with van der Waals surface area (Å²) < 4.78 is 31.4. The molecule has 0 saturated carbocycles. The fraction of sp³-hybridized carbons (Fsp3) is 0.143. The van der Waals surface area contributed by atoms with Crippen molar-refractivity contribution in [1.82, 2.24) is 0 Å². The van der Waals surface area contributed by atoms with Gasteiger partial charge in [0, 0.05) is 17.7 Å². The number of aliphatic hydroxyl groups is 1. The summed E-state index contributed by atoms with van der Waals surface area (Å²) >= 11 is 0. The van der Waals surface area contributed by atoms with E-state index in [1.54, 1.807) is 0 Å². The molecule has 0 aromatic heterocycles. The van der Waals surface area contributed by atoms with Gasteiger partial charge in [0.05, 0.1) is 4.92 Å². The predicted molar refractivity (Wildman–Crippen MR) is 69.9 cm³/mol. The first kappa shape index (κ1) is 14.9. The van der Waals surface area contributed by atoms with E-state index in [-0.39, 0.29) is 17.0 Å². The van der Waals surface area contributed by atoms with Gasteiger partial charge in [0.2, 0.25) is 0 Å². The summed E-state index contributed by atoms with van der Waals surface area (Å²) in [5, 5.41) is 20.6. The zero-order valence-electron chi connectivity index (χ0n) is 10.7. The first-order valence-electron chi connectivity index (χ1n) is 5.98. The second kappa shape index (κ2) is 6.27. The molecule has 0 bridgehead atoms. The summed E-state index contributed by atoms with van der Waals surface area (Å²) in [4.78, 5) is 10.2. The number of benzene rings is 2. The van der Waals surface area contributed by atoms with E-state index in [1.807, 2.05) is 0 Å². The highest BCUT2D eigenvalue weighted by atomic mass is 19.1. The van der Waals surface area contributed by atoms with Crippen molar-refractivity contribution in [3.63, 3.8) is 0 Å². The molecule has 1 atom stereocenters. The number of nitro benzene ring substituents is 1. The number of aliphatic hydroxyl groups excluding tert-OH is 1. The fourth-order valence-corrected chi connectivity index (χ4v) is 1.76. The molecule has 1 N–H and O–H groups in total. The lowest BCUT2D eigenvalue weighted by Gasteiger charge is -2.13. The van der Waals surface area contributed by atoms with Crippen LogP contribution in [-0.4, -0.2) is 16.6 Å². The molecule has 0 amide bonds. The quantitative estimate of drug-likeness (QED) is 0.680. The zero-order chi connectivity index (χ0) is 15.4. The molecule has 0 aliphatic heterocycles. The van der Waals surface area contributed by atoms with Crippen LogP contribution in [0.5, 0.6) is 5.75 Å². The van der Waals surface area contributed by atoms with Gasteiger partial charge in [-0.3, -0.25) is 10.1 Å².